The second-order valence-electron chi connectivity index (χ2n) is 18.2. The van der Waals surface area contributed by atoms with Crippen molar-refractivity contribution in [3.63, 3.8) is 0 Å². The van der Waals surface area contributed by atoms with Gasteiger partial charge in [0.25, 0.3) is 0 Å². The van der Waals surface area contributed by atoms with E-state index in [1.54, 1.807) is 0 Å². The van der Waals surface area contributed by atoms with Gasteiger partial charge in [0.15, 0.2) is 0 Å². The predicted molar refractivity (Wildman–Crippen MR) is 285 cm³/mol. The number of fused-ring (bicyclic) bond motifs is 12. The van der Waals surface area contributed by atoms with E-state index in [0.29, 0.717) is 11.4 Å². The number of allylic oxidation sites excluding steroid dienone is 5. The number of hydrogen-bond donors (Lipinski definition) is 2. The van der Waals surface area contributed by atoms with Crippen molar-refractivity contribution in [2.45, 2.75) is 25.2 Å². The van der Waals surface area contributed by atoms with Gasteiger partial charge in [-0.15, -0.1) is 0 Å². The van der Waals surface area contributed by atoms with Crippen molar-refractivity contribution >= 4 is 38.8 Å². The van der Waals surface area contributed by atoms with Crippen molar-refractivity contribution in [3.8, 4) is 39.1 Å². The first-order valence-electron chi connectivity index (χ1n) is 23.6. The van der Waals surface area contributed by atoms with Crippen LogP contribution in [-0.4, -0.2) is 10.3 Å². The average Bonchev–Trinajstić information content (AvgIpc) is 3.90. The second kappa shape index (κ2) is 16.7. The monoisotopic (exact) mass is 871 g/mol. The standard InChI is InChI=1S/C58H41N3.C7H8/c59-52(42-15-5-2-6-16-42)36-53(60)46-19-12-21-50-56(46)47-35-43(41-31-29-40(30-32-41)39-27-25-38(26-28-39)37-13-3-1-4-14-37)33-34-48(47)58(50)49-20-8-10-24-55(49)61-54-23-9-7-17-44(54)45-18-11-22-51(58)57(45)61;1-7-5-3-2-4-6-7/h1-3,5-13,15-36,60H,4,14,59H2;2-6H,1H3/b52-36-,60-53?;. The molecule has 0 saturated carbocycles. The highest BCUT2D eigenvalue weighted by molar-refractivity contribution is 6.17. The van der Waals surface area contributed by atoms with Crippen LogP contribution < -0.4 is 5.73 Å². The molecule has 1 aromatic heterocycles. The number of nitrogens with zero attached hydrogens (tertiary/aromatic N) is 1. The summed E-state index contributed by atoms with van der Waals surface area (Å²) in [5.41, 5.74) is 28.2. The third-order valence-electron chi connectivity index (χ3n) is 14.3. The van der Waals surface area contributed by atoms with Gasteiger partial charge in [0.1, 0.15) is 0 Å². The molecule has 2 aliphatic carbocycles. The van der Waals surface area contributed by atoms with E-state index in [2.05, 4.69) is 194 Å². The first-order valence-corrected chi connectivity index (χ1v) is 23.6. The van der Waals surface area contributed by atoms with Gasteiger partial charge in [-0.3, -0.25) is 0 Å². The van der Waals surface area contributed by atoms with Crippen LogP contribution in [0.15, 0.2) is 237 Å². The van der Waals surface area contributed by atoms with Gasteiger partial charge in [0.2, 0.25) is 0 Å². The Morgan fingerprint density at radius 3 is 1.88 bits per heavy atom. The highest BCUT2D eigenvalue weighted by Crippen LogP contribution is 2.62. The molecular formula is C65H49N3. The zero-order valence-electron chi connectivity index (χ0n) is 38.0. The number of aromatic nitrogens is 1. The van der Waals surface area contributed by atoms with Gasteiger partial charge in [0, 0.05) is 22.0 Å². The van der Waals surface area contributed by atoms with E-state index in [-0.39, 0.29) is 0 Å². The van der Waals surface area contributed by atoms with Gasteiger partial charge in [-0.05, 0) is 116 Å². The Morgan fingerprint density at radius 1 is 0.559 bits per heavy atom. The lowest BCUT2D eigenvalue weighted by atomic mass is 9.65. The topological polar surface area (TPSA) is 54.8 Å². The second-order valence-corrected chi connectivity index (χ2v) is 18.2. The van der Waals surface area contributed by atoms with Crippen molar-refractivity contribution < 1.29 is 0 Å². The summed E-state index contributed by atoms with van der Waals surface area (Å²) in [6.45, 7) is 2.08. The fourth-order valence-corrected chi connectivity index (χ4v) is 11.1. The number of hydrogen-bond acceptors (Lipinski definition) is 2. The minimum Gasteiger partial charge on any atom is -0.398 e. The normalized spacial score (nSPS) is 15.3. The van der Waals surface area contributed by atoms with Crippen LogP contribution in [0.5, 0.6) is 0 Å². The zero-order chi connectivity index (χ0) is 45.8. The highest BCUT2D eigenvalue weighted by atomic mass is 15.0. The number of rotatable bonds is 6. The molecule has 68 heavy (non-hydrogen) atoms. The van der Waals surface area contributed by atoms with Gasteiger partial charge in [-0.1, -0.05) is 218 Å². The lowest BCUT2D eigenvalue weighted by Crippen LogP contribution is -2.33. The Hall–Kier alpha value is -8.53. The molecule has 9 aromatic carbocycles. The fourth-order valence-electron chi connectivity index (χ4n) is 11.1. The molecule has 0 radical (unpaired) electrons. The van der Waals surface area contributed by atoms with Crippen molar-refractivity contribution in [2.24, 2.45) is 5.73 Å². The van der Waals surface area contributed by atoms with Crippen LogP contribution in [0, 0.1) is 12.3 Å². The van der Waals surface area contributed by atoms with E-state index in [0.717, 1.165) is 46.2 Å². The lowest BCUT2D eigenvalue weighted by molar-refractivity contribution is 0.748. The third kappa shape index (κ3) is 6.61. The molecule has 1 spiro atoms. The molecule has 1 aliphatic heterocycles. The number of nitrogens with one attached hydrogen (secondary N) is 1. The third-order valence-corrected chi connectivity index (χ3v) is 14.3. The summed E-state index contributed by atoms with van der Waals surface area (Å²) >= 11 is 0. The van der Waals surface area contributed by atoms with Crippen molar-refractivity contribution in [3.05, 3.63) is 281 Å². The van der Waals surface area contributed by atoms with Crippen LogP contribution in [0.4, 0.5) is 0 Å². The lowest BCUT2D eigenvalue weighted by Gasteiger charge is -2.39. The summed E-state index contributed by atoms with van der Waals surface area (Å²) in [4.78, 5) is 0. The molecule has 10 aromatic rings. The van der Waals surface area contributed by atoms with Gasteiger partial charge in [-0.25, -0.2) is 0 Å². The Kier molecular flexibility index (Phi) is 10.1. The molecule has 2 heterocycles. The number of nitrogens with two attached hydrogens (primary N) is 1. The van der Waals surface area contributed by atoms with E-state index < -0.39 is 5.41 Å². The summed E-state index contributed by atoms with van der Waals surface area (Å²) < 4.78 is 2.47. The minimum absolute atomic E-state index is 0.384. The van der Waals surface area contributed by atoms with Crippen LogP contribution >= 0.6 is 0 Å². The van der Waals surface area contributed by atoms with Crippen LogP contribution in [0.3, 0.4) is 0 Å². The first kappa shape index (κ1) is 40.9. The molecule has 13 rings (SSSR count). The maximum atomic E-state index is 9.70. The first-order chi connectivity index (χ1) is 33.5. The molecule has 0 bridgehead atoms. The molecule has 324 valence electrons. The number of para-hydroxylation sites is 3. The maximum absolute atomic E-state index is 9.70. The minimum atomic E-state index is -0.630. The van der Waals surface area contributed by atoms with Crippen LogP contribution in [0.1, 0.15) is 57.3 Å². The molecule has 1 unspecified atom stereocenters. The van der Waals surface area contributed by atoms with Gasteiger partial charge in [0.05, 0.1) is 27.8 Å². The summed E-state index contributed by atoms with van der Waals surface area (Å²) in [5, 5.41) is 12.2. The summed E-state index contributed by atoms with van der Waals surface area (Å²) in [6, 6.07) is 76.3. The van der Waals surface area contributed by atoms with E-state index in [9.17, 15) is 5.41 Å². The van der Waals surface area contributed by atoms with Gasteiger partial charge >= 0.3 is 0 Å². The molecule has 3 N–H and O–H groups in total. The van der Waals surface area contributed by atoms with Gasteiger partial charge < -0.3 is 15.7 Å². The predicted octanol–water partition coefficient (Wildman–Crippen LogP) is 15.9. The molecule has 3 nitrogen and oxygen atoms in total. The number of benzene rings is 9. The van der Waals surface area contributed by atoms with Crippen molar-refractivity contribution in [1.82, 2.24) is 4.57 Å². The Bertz CT molecular complexity index is 3680. The fraction of sp³-hybridized carbons (Fsp3) is 0.0615. The molecule has 0 amide bonds. The van der Waals surface area contributed by atoms with Gasteiger partial charge in [-0.2, -0.15) is 0 Å². The van der Waals surface area contributed by atoms with Crippen molar-refractivity contribution in [1.29, 1.82) is 5.41 Å². The van der Waals surface area contributed by atoms with E-state index in [1.807, 2.05) is 54.6 Å². The highest BCUT2D eigenvalue weighted by Gasteiger charge is 2.51. The van der Waals surface area contributed by atoms with Crippen LogP contribution in [0.2, 0.25) is 0 Å². The summed E-state index contributed by atoms with van der Waals surface area (Å²) in [7, 11) is 0. The van der Waals surface area contributed by atoms with Crippen LogP contribution in [0.25, 0.3) is 72.1 Å². The Labute approximate surface area is 398 Å². The molecular weight excluding hydrogens is 823 g/mol. The smallest absolute Gasteiger partial charge is 0.0754 e. The van der Waals surface area contributed by atoms with E-state index >= 15 is 0 Å². The Morgan fingerprint density at radius 2 is 1.16 bits per heavy atom. The number of aryl methyl sites for hydroxylation is 1. The maximum Gasteiger partial charge on any atom is 0.0754 e. The Balaban J connectivity index is 0.000000632. The average molecular weight is 872 g/mol. The van der Waals surface area contributed by atoms with Crippen LogP contribution in [-0.2, 0) is 5.41 Å². The van der Waals surface area contributed by atoms with Crippen molar-refractivity contribution in [2.75, 3.05) is 0 Å². The van der Waals surface area contributed by atoms with E-state index in [4.69, 9.17) is 5.73 Å². The molecule has 0 fully saturated rings. The SMILES string of the molecule is Cc1ccccc1.N=C(/C=C(\N)c1ccccc1)c1cccc2c1-c1cc(-c3ccc(-c4ccc(C5=CC=CCC5)cc4)cc3)ccc1C21c2ccccc2-n2c3ccccc3c3cccc1c32. The summed E-state index contributed by atoms with van der Waals surface area (Å²) in [5.74, 6) is 0. The zero-order valence-corrected chi connectivity index (χ0v) is 38.0. The molecule has 3 aliphatic rings. The van der Waals surface area contributed by atoms with E-state index in [1.165, 1.54) is 77.6 Å². The quantitative estimate of drug-likeness (QED) is 0.161. The largest absolute Gasteiger partial charge is 0.398 e. The summed E-state index contributed by atoms with van der Waals surface area (Å²) in [6.07, 6.45) is 10.6. The molecule has 1 atom stereocenters. The molecule has 0 saturated heterocycles. The molecule has 3 heteroatoms.